The van der Waals surface area contributed by atoms with Gasteiger partial charge in [-0.1, -0.05) is 24.3 Å². The minimum absolute atomic E-state index is 0.0940. The van der Waals surface area contributed by atoms with Gasteiger partial charge in [0.05, 0.1) is 12.7 Å². The number of halogens is 3. The molecular weight excluding hydrogens is 413 g/mol. The van der Waals surface area contributed by atoms with Gasteiger partial charge in [0.1, 0.15) is 18.1 Å². The molecule has 8 heteroatoms. The molecule has 0 fully saturated rings. The summed E-state index contributed by atoms with van der Waals surface area (Å²) in [6, 6.07) is 9.98. The van der Waals surface area contributed by atoms with Crippen molar-refractivity contribution in [2.45, 2.75) is 38.7 Å². The second-order valence-electron chi connectivity index (χ2n) is 6.65. The van der Waals surface area contributed by atoms with Crippen LogP contribution in [-0.2, 0) is 22.3 Å². The van der Waals surface area contributed by atoms with E-state index in [0.29, 0.717) is 42.1 Å². The average Bonchev–Trinajstić information content (AvgIpc) is 2.74. The summed E-state index contributed by atoms with van der Waals surface area (Å²) in [4.78, 5) is 11.1. The fraction of sp³-hybridized carbons (Fsp3) is 0.348. The maximum Gasteiger partial charge on any atom is 0.416 e. The maximum absolute atomic E-state index is 12.7. The highest BCUT2D eigenvalue weighted by atomic mass is 19.4. The van der Waals surface area contributed by atoms with E-state index >= 15 is 0 Å². The summed E-state index contributed by atoms with van der Waals surface area (Å²) in [5.74, 6) is 0.132. The van der Waals surface area contributed by atoms with Gasteiger partial charge in [-0.2, -0.15) is 13.2 Å². The van der Waals surface area contributed by atoms with Gasteiger partial charge in [-0.05, 0) is 55.7 Å². The van der Waals surface area contributed by atoms with Crippen LogP contribution in [0, 0.1) is 0 Å². The molecule has 0 saturated carbocycles. The zero-order valence-corrected chi connectivity index (χ0v) is 17.3. The molecule has 0 amide bonds. The predicted octanol–water partition coefficient (Wildman–Crippen LogP) is 5.58. The molecule has 2 aromatic rings. The van der Waals surface area contributed by atoms with Crippen molar-refractivity contribution in [3.05, 3.63) is 65.2 Å². The first-order valence-electron chi connectivity index (χ1n) is 9.72. The number of benzene rings is 2. The molecule has 0 bridgehead atoms. The highest BCUT2D eigenvalue weighted by Crippen LogP contribution is 2.30. The van der Waals surface area contributed by atoms with Crippen molar-refractivity contribution in [3.8, 4) is 11.5 Å². The second kappa shape index (κ2) is 11.4. The molecule has 0 saturated heterocycles. The lowest BCUT2D eigenvalue weighted by Gasteiger charge is -2.12. The Morgan fingerprint density at radius 1 is 1.16 bits per heavy atom. The number of hydrogen-bond donors (Lipinski definition) is 1. The van der Waals surface area contributed by atoms with Crippen LogP contribution in [0.15, 0.2) is 48.5 Å². The van der Waals surface area contributed by atoms with E-state index in [1.165, 1.54) is 19.2 Å². The number of carboxylic acid groups (broad SMARTS) is 1. The normalized spacial score (nSPS) is 12.7. The quantitative estimate of drug-likeness (QED) is 0.497. The summed E-state index contributed by atoms with van der Waals surface area (Å²) in [5.41, 5.74) is 0.588. The SMILES string of the molecule is CCOC(CCC=Cc1cc(OC)ccc1OCc1ccc(C(F)(F)F)cc1)C(=O)O. The fourth-order valence-electron chi connectivity index (χ4n) is 2.80. The first-order valence-corrected chi connectivity index (χ1v) is 9.72. The molecule has 0 heterocycles. The van der Waals surface area contributed by atoms with Crippen LogP contribution in [0.1, 0.15) is 36.5 Å². The Hall–Kier alpha value is -3.00. The standard InChI is InChI=1S/C23H25F3O5/c1-3-30-21(22(27)28)7-5-4-6-17-14-19(29-2)12-13-20(17)31-15-16-8-10-18(11-9-16)23(24,25)26/h4,6,8-14,21H,3,5,7,15H2,1-2H3,(H,27,28). The summed E-state index contributed by atoms with van der Waals surface area (Å²) in [7, 11) is 1.53. The minimum atomic E-state index is -4.38. The molecule has 1 N–H and O–H groups in total. The van der Waals surface area contributed by atoms with Crippen molar-refractivity contribution >= 4 is 12.0 Å². The number of ether oxygens (including phenoxy) is 3. The van der Waals surface area contributed by atoms with Crippen molar-refractivity contribution in [1.29, 1.82) is 0 Å². The van der Waals surface area contributed by atoms with Gasteiger partial charge in [0, 0.05) is 12.2 Å². The number of hydrogen-bond acceptors (Lipinski definition) is 4. The number of allylic oxidation sites excluding steroid dienone is 1. The lowest BCUT2D eigenvalue weighted by Crippen LogP contribution is -2.23. The smallest absolute Gasteiger partial charge is 0.416 e. The maximum atomic E-state index is 12.7. The number of alkyl halides is 3. The van der Waals surface area contributed by atoms with E-state index in [9.17, 15) is 18.0 Å². The van der Waals surface area contributed by atoms with Crippen molar-refractivity contribution < 1.29 is 37.3 Å². The minimum Gasteiger partial charge on any atom is -0.497 e. The molecule has 168 valence electrons. The van der Waals surface area contributed by atoms with Gasteiger partial charge in [0.2, 0.25) is 0 Å². The molecule has 1 atom stereocenters. The van der Waals surface area contributed by atoms with Crippen LogP contribution in [0.25, 0.3) is 6.08 Å². The van der Waals surface area contributed by atoms with Crippen LogP contribution in [0.3, 0.4) is 0 Å². The van der Waals surface area contributed by atoms with Crippen LogP contribution in [-0.4, -0.2) is 30.9 Å². The number of carboxylic acids is 1. The number of aliphatic carboxylic acids is 1. The third-order valence-electron chi connectivity index (χ3n) is 4.43. The van der Waals surface area contributed by atoms with Crippen molar-refractivity contribution in [1.82, 2.24) is 0 Å². The molecule has 1 unspecified atom stereocenters. The summed E-state index contributed by atoms with van der Waals surface area (Å²) < 4.78 is 54.3. The molecule has 5 nitrogen and oxygen atoms in total. The van der Waals surface area contributed by atoms with Gasteiger partial charge in [-0.3, -0.25) is 0 Å². The molecule has 0 aliphatic heterocycles. The monoisotopic (exact) mass is 438 g/mol. The van der Waals surface area contributed by atoms with E-state index in [0.717, 1.165) is 12.1 Å². The highest BCUT2D eigenvalue weighted by Gasteiger charge is 2.29. The fourth-order valence-corrected chi connectivity index (χ4v) is 2.80. The van der Waals surface area contributed by atoms with Gasteiger partial charge in [0.15, 0.2) is 6.10 Å². The Balaban J connectivity index is 2.06. The predicted molar refractivity (Wildman–Crippen MR) is 110 cm³/mol. The molecule has 0 spiro atoms. The summed E-state index contributed by atoms with van der Waals surface area (Å²) in [5, 5.41) is 9.13. The molecule has 2 aromatic carbocycles. The second-order valence-corrected chi connectivity index (χ2v) is 6.65. The molecule has 0 radical (unpaired) electrons. The Morgan fingerprint density at radius 2 is 1.87 bits per heavy atom. The Morgan fingerprint density at radius 3 is 2.45 bits per heavy atom. The van der Waals surface area contributed by atoms with Gasteiger partial charge in [-0.25, -0.2) is 4.79 Å². The van der Waals surface area contributed by atoms with E-state index in [-0.39, 0.29) is 6.61 Å². The van der Waals surface area contributed by atoms with Crippen LogP contribution in [0.5, 0.6) is 11.5 Å². The summed E-state index contributed by atoms with van der Waals surface area (Å²) in [6.07, 6.45) is -0.840. The number of carbonyl (C=O) groups is 1. The number of rotatable bonds is 11. The van der Waals surface area contributed by atoms with Crippen molar-refractivity contribution in [3.63, 3.8) is 0 Å². The third kappa shape index (κ3) is 7.64. The van der Waals surface area contributed by atoms with Crippen molar-refractivity contribution in [2.75, 3.05) is 13.7 Å². The van der Waals surface area contributed by atoms with Crippen molar-refractivity contribution in [2.24, 2.45) is 0 Å². The van der Waals surface area contributed by atoms with Crippen LogP contribution >= 0.6 is 0 Å². The van der Waals surface area contributed by atoms with E-state index in [1.807, 2.05) is 6.08 Å². The summed E-state index contributed by atoms with van der Waals surface area (Å²) in [6.45, 7) is 2.15. The molecule has 0 aromatic heterocycles. The number of methoxy groups -OCH3 is 1. The average molecular weight is 438 g/mol. The van der Waals surface area contributed by atoms with Gasteiger partial charge >= 0.3 is 12.1 Å². The Labute approximate surface area is 179 Å². The zero-order chi connectivity index (χ0) is 22.9. The van der Waals surface area contributed by atoms with Crippen LogP contribution in [0.2, 0.25) is 0 Å². The lowest BCUT2D eigenvalue weighted by molar-refractivity contribution is -0.150. The van der Waals surface area contributed by atoms with Crippen LogP contribution < -0.4 is 9.47 Å². The largest absolute Gasteiger partial charge is 0.497 e. The topological polar surface area (TPSA) is 65.0 Å². The van der Waals surface area contributed by atoms with Crippen LogP contribution in [0.4, 0.5) is 13.2 Å². The third-order valence-corrected chi connectivity index (χ3v) is 4.43. The Bertz CT molecular complexity index is 876. The molecule has 2 rings (SSSR count). The first-order chi connectivity index (χ1) is 14.7. The van der Waals surface area contributed by atoms with Gasteiger partial charge in [0.25, 0.3) is 0 Å². The van der Waals surface area contributed by atoms with Gasteiger partial charge in [-0.15, -0.1) is 0 Å². The zero-order valence-electron chi connectivity index (χ0n) is 17.3. The summed E-state index contributed by atoms with van der Waals surface area (Å²) >= 11 is 0. The van der Waals surface area contributed by atoms with E-state index < -0.39 is 23.8 Å². The molecule has 31 heavy (non-hydrogen) atoms. The van der Waals surface area contributed by atoms with E-state index in [2.05, 4.69) is 0 Å². The highest BCUT2D eigenvalue weighted by molar-refractivity contribution is 5.72. The lowest BCUT2D eigenvalue weighted by atomic mass is 10.1. The van der Waals surface area contributed by atoms with E-state index in [4.69, 9.17) is 19.3 Å². The molecular formula is C23H25F3O5. The van der Waals surface area contributed by atoms with E-state index in [1.54, 1.807) is 31.2 Å². The molecule has 0 aliphatic carbocycles. The molecule has 0 aliphatic rings. The Kier molecular flexibility index (Phi) is 8.93. The van der Waals surface area contributed by atoms with Gasteiger partial charge < -0.3 is 19.3 Å². The first kappa shape index (κ1) is 24.3.